The maximum atomic E-state index is 11.7. The molecule has 18 heavy (non-hydrogen) atoms. The fraction of sp³-hybridized carbons (Fsp3) is 0.833. The van der Waals surface area contributed by atoms with E-state index in [0.29, 0.717) is 0 Å². The van der Waals surface area contributed by atoms with Crippen LogP contribution in [0, 0.1) is 0 Å². The highest BCUT2D eigenvalue weighted by Crippen LogP contribution is 2.24. The molecule has 0 aliphatic carbocycles. The Morgan fingerprint density at radius 3 is 2.28 bits per heavy atom. The first kappa shape index (κ1) is 16.9. The highest BCUT2D eigenvalue weighted by Gasteiger charge is 2.43. The SMILES string of the molecule is C.[3H]C(C)OC(=O)C(O)(CC(=O)OC)CC(C)(C)N. The van der Waals surface area contributed by atoms with E-state index in [2.05, 4.69) is 9.47 Å². The zero-order valence-electron chi connectivity index (χ0n) is 11.6. The Labute approximate surface area is 110 Å². The van der Waals surface area contributed by atoms with Crippen molar-refractivity contribution in [2.75, 3.05) is 13.7 Å². The molecule has 0 amide bonds. The molecule has 0 spiro atoms. The van der Waals surface area contributed by atoms with Gasteiger partial charge in [-0.25, -0.2) is 4.79 Å². The van der Waals surface area contributed by atoms with Crippen LogP contribution in [0.2, 0.25) is 0 Å². The van der Waals surface area contributed by atoms with Gasteiger partial charge in [-0.15, -0.1) is 0 Å². The lowest BCUT2D eigenvalue weighted by Crippen LogP contribution is -2.50. The summed E-state index contributed by atoms with van der Waals surface area (Å²) in [5.74, 6) is -1.80. The summed E-state index contributed by atoms with van der Waals surface area (Å²) in [4.78, 5) is 23.0. The van der Waals surface area contributed by atoms with Gasteiger partial charge in [0, 0.05) is 12.0 Å². The zero-order valence-corrected chi connectivity index (χ0v) is 10.6. The Kier molecular flexibility index (Phi) is 6.86. The fourth-order valence-electron chi connectivity index (χ4n) is 1.49. The van der Waals surface area contributed by atoms with E-state index >= 15 is 0 Å². The second-order valence-electron chi connectivity index (χ2n) is 4.59. The summed E-state index contributed by atoms with van der Waals surface area (Å²) in [5.41, 5.74) is 2.78. The van der Waals surface area contributed by atoms with E-state index in [1.54, 1.807) is 13.8 Å². The van der Waals surface area contributed by atoms with Crippen LogP contribution >= 0.6 is 0 Å². The van der Waals surface area contributed by atoms with Crippen LogP contribution in [0.4, 0.5) is 0 Å². The van der Waals surface area contributed by atoms with E-state index < -0.39 is 36.1 Å². The molecule has 0 aromatic carbocycles. The minimum absolute atomic E-state index is 0. The highest BCUT2D eigenvalue weighted by atomic mass is 16.6. The van der Waals surface area contributed by atoms with Crippen LogP contribution in [0.5, 0.6) is 0 Å². The van der Waals surface area contributed by atoms with Gasteiger partial charge >= 0.3 is 11.9 Å². The lowest BCUT2D eigenvalue weighted by Gasteiger charge is -2.31. The largest absolute Gasteiger partial charge is 0.469 e. The molecule has 6 nitrogen and oxygen atoms in total. The first-order valence-corrected chi connectivity index (χ1v) is 5.21. The monoisotopic (exact) mass is 265 g/mol. The van der Waals surface area contributed by atoms with E-state index in [1.807, 2.05) is 0 Å². The normalized spacial score (nSPS) is 16.7. The number of esters is 2. The maximum absolute atomic E-state index is 11.7. The third-order valence-corrected chi connectivity index (χ3v) is 2.02. The fourth-order valence-corrected chi connectivity index (χ4v) is 1.49. The summed E-state index contributed by atoms with van der Waals surface area (Å²) in [6.45, 7) is 3.39. The highest BCUT2D eigenvalue weighted by molar-refractivity contribution is 5.85. The molecule has 0 aromatic heterocycles. The van der Waals surface area contributed by atoms with Crippen molar-refractivity contribution >= 4 is 11.9 Å². The predicted molar refractivity (Wildman–Crippen MR) is 67.8 cm³/mol. The Bertz CT molecular complexity index is 314. The van der Waals surface area contributed by atoms with Crippen molar-refractivity contribution in [2.24, 2.45) is 5.73 Å². The molecule has 0 fully saturated rings. The van der Waals surface area contributed by atoms with Crippen molar-refractivity contribution in [1.29, 1.82) is 0 Å². The number of hydrogen-bond donors (Lipinski definition) is 2. The number of carbonyl (C=O) groups excluding carboxylic acids is 2. The molecule has 2 atom stereocenters. The standard InChI is InChI=1S/C11H21NO5.CH4/c1-5-17-9(14)11(15,6-8(13)16-4)7-10(2,3)12;/h15H,5-7,12H2,1-4H3;1H4/i5T;. The van der Waals surface area contributed by atoms with Crippen LogP contribution in [0.25, 0.3) is 0 Å². The number of rotatable bonds is 6. The summed E-state index contributed by atoms with van der Waals surface area (Å²) in [5, 5.41) is 10.2. The van der Waals surface area contributed by atoms with E-state index in [9.17, 15) is 14.7 Å². The summed E-state index contributed by atoms with van der Waals surface area (Å²) in [6, 6.07) is 0. The predicted octanol–water partition coefficient (Wildman–Crippen LogP) is 0.607. The van der Waals surface area contributed by atoms with E-state index in [0.717, 1.165) is 7.11 Å². The van der Waals surface area contributed by atoms with Crippen LogP contribution in [-0.4, -0.2) is 41.9 Å². The second kappa shape index (κ2) is 7.33. The van der Waals surface area contributed by atoms with Crippen LogP contribution in [0.3, 0.4) is 0 Å². The zero-order chi connectivity index (χ0) is 14.6. The molecule has 0 heterocycles. The van der Waals surface area contributed by atoms with Gasteiger partial charge in [-0.05, 0) is 20.8 Å². The summed E-state index contributed by atoms with van der Waals surface area (Å²) >= 11 is 0. The number of nitrogens with two attached hydrogens (primary N) is 1. The van der Waals surface area contributed by atoms with Gasteiger partial charge in [0.15, 0.2) is 5.60 Å². The van der Waals surface area contributed by atoms with Crippen molar-refractivity contribution < 1.29 is 25.5 Å². The number of carbonyl (C=O) groups is 2. The van der Waals surface area contributed by atoms with Crippen LogP contribution in [-0.2, 0) is 19.1 Å². The Balaban J connectivity index is 0. The number of methoxy groups -OCH3 is 1. The topological polar surface area (TPSA) is 98.8 Å². The minimum Gasteiger partial charge on any atom is -0.469 e. The molecule has 2 unspecified atom stereocenters. The van der Waals surface area contributed by atoms with Gasteiger partial charge < -0.3 is 20.3 Å². The quantitative estimate of drug-likeness (QED) is 0.683. The first-order valence-electron chi connectivity index (χ1n) is 5.79. The van der Waals surface area contributed by atoms with Gasteiger partial charge in [0.1, 0.15) is 0 Å². The molecule has 6 heteroatoms. The lowest BCUT2D eigenvalue weighted by atomic mass is 9.85. The number of ether oxygens (including phenoxy) is 2. The van der Waals surface area contributed by atoms with Gasteiger partial charge in [0.2, 0.25) is 0 Å². The Morgan fingerprint density at radius 2 is 1.94 bits per heavy atom. The molecular formula is C12H25NO5. The molecule has 0 aromatic rings. The second-order valence-corrected chi connectivity index (χ2v) is 4.59. The molecule has 0 bridgehead atoms. The van der Waals surface area contributed by atoms with Crippen molar-refractivity contribution in [3.05, 3.63) is 0 Å². The molecule has 0 radical (unpaired) electrons. The molecule has 0 rings (SSSR count). The number of hydrogen-bond acceptors (Lipinski definition) is 6. The molecular weight excluding hydrogens is 238 g/mol. The molecule has 0 saturated heterocycles. The van der Waals surface area contributed by atoms with Gasteiger partial charge in [-0.1, -0.05) is 7.43 Å². The minimum atomic E-state index is -2.08. The van der Waals surface area contributed by atoms with Crippen LogP contribution in [0.15, 0.2) is 0 Å². The molecule has 3 N–H and O–H groups in total. The third kappa shape index (κ3) is 6.56. The van der Waals surface area contributed by atoms with Crippen LogP contribution < -0.4 is 5.73 Å². The van der Waals surface area contributed by atoms with Gasteiger partial charge in [0.25, 0.3) is 0 Å². The van der Waals surface area contributed by atoms with Gasteiger partial charge in [-0.3, -0.25) is 4.79 Å². The number of aliphatic hydroxyl groups is 1. The molecule has 0 aliphatic rings. The van der Waals surface area contributed by atoms with Crippen molar-refractivity contribution in [3.63, 3.8) is 0 Å². The average molecular weight is 265 g/mol. The summed E-state index contributed by atoms with van der Waals surface area (Å²) in [7, 11) is 1.15. The molecule has 0 saturated carbocycles. The van der Waals surface area contributed by atoms with Crippen LogP contribution in [0.1, 0.15) is 42.4 Å². The van der Waals surface area contributed by atoms with Crippen molar-refractivity contribution in [2.45, 2.75) is 52.2 Å². The molecule has 108 valence electrons. The van der Waals surface area contributed by atoms with E-state index in [-0.39, 0.29) is 13.8 Å². The smallest absolute Gasteiger partial charge is 0.338 e. The average Bonchev–Trinajstić information content (AvgIpc) is 2.13. The summed E-state index contributed by atoms with van der Waals surface area (Å²) < 4.78 is 16.2. The third-order valence-electron chi connectivity index (χ3n) is 2.02. The van der Waals surface area contributed by atoms with Gasteiger partial charge in [0.05, 0.1) is 21.5 Å². The van der Waals surface area contributed by atoms with E-state index in [4.69, 9.17) is 7.10 Å². The lowest BCUT2D eigenvalue weighted by molar-refractivity contribution is -0.173. The van der Waals surface area contributed by atoms with E-state index in [1.165, 1.54) is 6.92 Å². The maximum Gasteiger partial charge on any atom is 0.338 e. The molecule has 0 aliphatic heterocycles. The van der Waals surface area contributed by atoms with Crippen molar-refractivity contribution in [1.82, 2.24) is 0 Å². The van der Waals surface area contributed by atoms with Crippen molar-refractivity contribution in [3.8, 4) is 0 Å². The Morgan fingerprint density at radius 1 is 1.44 bits per heavy atom. The van der Waals surface area contributed by atoms with Gasteiger partial charge in [-0.2, -0.15) is 0 Å². The first-order chi connectivity index (χ1) is 8.00. The summed E-state index contributed by atoms with van der Waals surface area (Å²) in [6.07, 6.45) is -0.740. The Hall–Kier alpha value is -1.14.